The predicted molar refractivity (Wildman–Crippen MR) is 82.2 cm³/mol. The Kier molecular flexibility index (Phi) is 3.15. The zero-order valence-corrected chi connectivity index (χ0v) is 11.8. The maximum absolute atomic E-state index is 11.8. The van der Waals surface area contributed by atoms with Crippen molar-refractivity contribution in [3.63, 3.8) is 0 Å². The van der Waals surface area contributed by atoms with Crippen LogP contribution in [0.25, 0.3) is 10.9 Å². The molecule has 0 saturated carbocycles. The molecule has 0 aliphatic rings. The van der Waals surface area contributed by atoms with Gasteiger partial charge in [0.05, 0.1) is 0 Å². The van der Waals surface area contributed by atoms with E-state index < -0.39 is 0 Å². The third-order valence-corrected chi connectivity index (χ3v) is 3.61. The fraction of sp³-hybridized carbons (Fsp3) is 0.167. The average molecular weight is 263 g/mol. The molecule has 0 amide bonds. The van der Waals surface area contributed by atoms with Gasteiger partial charge in [-0.1, -0.05) is 42.5 Å². The Labute approximate surface area is 118 Å². The molecule has 0 atom stereocenters. The molecular weight excluding hydrogens is 246 g/mol. The van der Waals surface area contributed by atoms with Gasteiger partial charge in [-0.15, -0.1) is 0 Å². The second-order valence-electron chi connectivity index (χ2n) is 5.23. The largest absolute Gasteiger partial charge is 0.342 e. The molecule has 3 aromatic rings. The predicted octanol–water partition coefficient (Wildman–Crippen LogP) is 4.20. The zero-order valence-electron chi connectivity index (χ0n) is 11.8. The number of fused-ring (bicyclic) bond motifs is 1. The summed E-state index contributed by atoms with van der Waals surface area (Å²) in [6.45, 7) is 4.49. The number of benzene rings is 2. The van der Waals surface area contributed by atoms with Crippen molar-refractivity contribution in [2.45, 2.75) is 20.4 Å². The van der Waals surface area contributed by atoms with E-state index >= 15 is 0 Å². The summed E-state index contributed by atoms with van der Waals surface area (Å²) >= 11 is 0. The molecule has 2 heteroatoms. The van der Waals surface area contributed by atoms with E-state index in [1.54, 1.807) is 6.92 Å². The lowest BCUT2D eigenvalue weighted by molar-refractivity contribution is 0.101. The van der Waals surface area contributed by atoms with Crippen molar-refractivity contribution in [1.82, 2.24) is 4.57 Å². The van der Waals surface area contributed by atoms with Gasteiger partial charge < -0.3 is 4.57 Å². The maximum Gasteiger partial charge on any atom is 0.161 e. The summed E-state index contributed by atoms with van der Waals surface area (Å²) in [5.74, 6) is 0.116. The number of Topliss-reactive ketones (excluding diaryl/α,β-unsaturated/α-hetero) is 1. The van der Waals surface area contributed by atoms with Gasteiger partial charge in [0.15, 0.2) is 5.78 Å². The van der Waals surface area contributed by atoms with E-state index in [4.69, 9.17) is 0 Å². The summed E-state index contributed by atoms with van der Waals surface area (Å²) in [6, 6.07) is 16.6. The van der Waals surface area contributed by atoms with E-state index in [1.807, 2.05) is 30.5 Å². The fourth-order valence-electron chi connectivity index (χ4n) is 2.59. The number of carbonyl (C=O) groups is 1. The Morgan fingerprint density at radius 1 is 1.10 bits per heavy atom. The molecule has 0 aliphatic carbocycles. The van der Waals surface area contributed by atoms with Gasteiger partial charge in [-0.25, -0.2) is 0 Å². The van der Waals surface area contributed by atoms with E-state index in [2.05, 4.69) is 35.8 Å². The third kappa shape index (κ3) is 2.25. The number of aryl methyl sites for hydroxylation is 1. The van der Waals surface area contributed by atoms with Crippen LogP contribution < -0.4 is 0 Å². The van der Waals surface area contributed by atoms with Gasteiger partial charge in [0.2, 0.25) is 0 Å². The highest BCUT2D eigenvalue weighted by molar-refractivity contribution is 6.07. The minimum atomic E-state index is 0.116. The molecule has 20 heavy (non-hydrogen) atoms. The van der Waals surface area contributed by atoms with Crippen LogP contribution in [0.1, 0.15) is 28.4 Å². The van der Waals surface area contributed by atoms with Crippen molar-refractivity contribution in [1.29, 1.82) is 0 Å². The smallest absolute Gasteiger partial charge is 0.161 e. The van der Waals surface area contributed by atoms with Gasteiger partial charge in [0.25, 0.3) is 0 Å². The van der Waals surface area contributed by atoms with Crippen molar-refractivity contribution in [3.05, 3.63) is 71.4 Å². The van der Waals surface area contributed by atoms with Crippen LogP contribution in [0.2, 0.25) is 0 Å². The molecule has 1 heterocycles. The minimum absolute atomic E-state index is 0.116. The van der Waals surface area contributed by atoms with E-state index in [1.165, 1.54) is 11.1 Å². The van der Waals surface area contributed by atoms with Crippen molar-refractivity contribution in [3.8, 4) is 0 Å². The normalized spacial score (nSPS) is 10.9. The molecule has 0 N–H and O–H groups in total. The molecule has 0 fully saturated rings. The highest BCUT2D eigenvalue weighted by atomic mass is 16.1. The lowest BCUT2D eigenvalue weighted by atomic mass is 10.1. The Bertz CT molecular complexity index is 769. The zero-order chi connectivity index (χ0) is 14.1. The lowest BCUT2D eigenvalue weighted by Crippen LogP contribution is -1.98. The van der Waals surface area contributed by atoms with Crippen LogP contribution in [-0.4, -0.2) is 10.4 Å². The molecule has 2 nitrogen and oxygen atoms in total. The summed E-state index contributed by atoms with van der Waals surface area (Å²) in [5, 5.41) is 1.04. The van der Waals surface area contributed by atoms with Crippen molar-refractivity contribution in [2.75, 3.05) is 0 Å². The van der Waals surface area contributed by atoms with Gasteiger partial charge in [0, 0.05) is 29.2 Å². The van der Waals surface area contributed by atoms with Crippen molar-refractivity contribution >= 4 is 16.7 Å². The quantitative estimate of drug-likeness (QED) is 0.649. The van der Waals surface area contributed by atoms with Crippen LogP contribution in [0, 0.1) is 6.92 Å². The highest BCUT2D eigenvalue weighted by Gasteiger charge is 2.12. The molecule has 1 aromatic heterocycles. The van der Waals surface area contributed by atoms with Crippen molar-refractivity contribution < 1.29 is 4.79 Å². The number of hydrogen-bond acceptors (Lipinski definition) is 1. The Morgan fingerprint density at radius 2 is 1.85 bits per heavy atom. The van der Waals surface area contributed by atoms with Crippen LogP contribution in [-0.2, 0) is 6.54 Å². The van der Waals surface area contributed by atoms with E-state index in [-0.39, 0.29) is 5.78 Å². The molecule has 0 saturated heterocycles. The molecule has 0 spiro atoms. The van der Waals surface area contributed by atoms with Gasteiger partial charge in [-0.05, 0) is 31.0 Å². The van der Waals surface area contributed by atoms with Gasteiger partial charge in [-0.3, -0.25) is 4.79 Å². The highest BCUT2D eigenvalue weighted by Crippen LogP contribution is 2.24. The molecule has 0 unspecified atom stereocenters. The molecule has 0 aliphatic heterocycles. The monoisotopic (exact) mass is 263 g/mol. The van der Waals surface area contributed by atoms with Crippen LogP contribution in [0.4, 0.5) is 0 Å². The number of aromatic nitrogens is 1. The Morgan fingerprint density at radius 3 is 2.55 bits per heavy atom. The van der Waals surface area contributed by atoms with Crippen LogP contribution in [0.3, 0.4) is 0 Å². The first-order valence-electron chi connectivity index (χ1n) is 6.79. The number of hydrogen-bond donors (Lipinski definition) is 0. The molecule has 0 radical (unpaired) electrons. The number of ketones is 1. The summed E-state index contributed by atoms with van der Waals surface area (Å²) in [6.07, 6.45) is 1.97. The first-order chi connectivity index (χ1) is 9.65. The third-order valence-electron chi connectivity index (χ3n) is 3.61. The topological polar surface area (TPSA) is 22.0 Å². The van der Waals surface area contributed by atoms with Gasteiger partial charge in [0.1, 0.15) is 0 Å². The standard InChI is InChI=1S/C18H17NO/c1-13-8-9-16-17(14(2)20)12-19(18(16)10-13)11-15-6-4-3-5-7-15/h3-10,12H,11H2,1-2H3. The summed E-state index contributed by atoms with van der Waals surface area (Å²) < 4.78 is 2.16. The molecule has 100 valence electrons. The lowest BCUT2D eigenvalue weighted by Gasteiger charge is -2.06. The summed E-state index contributed by atoms with van der Waals surface area (Å²) in [7, 11) is 0. The average Bonchev–Trinajstić information content (AvgIpc) is 2.78. The number of nitrogens with zero attached hydrogens (tertiary/aromatic N) is 1. The molecular formula is C18H17NO. The first-order valence-corrected chi connectivity index (χ1v) is 6.79. The summed E-state index contributed by atoms with van der Waals surface area (Å²) in [4.78, 5) is 11.8. The second kappa shape index (κ2) is 4.97. The van der Waals surface area contributed by atoms with E-state index in [0.717, 1.165) is 23.0 Å². The maximum atomic E-state index is 11.8. The van der Waals surface area contributed by atoms with Crippen molar-refractivity contribution in [2.24, 2.45) is 0 Å². The van der Waals surface area contributed by atoms with Gasteiger partial charge in [-0.2, -0.15) is 0 Å². The van der Waals surface area contributed by atoms with Crippen LogP contribution in [0.5, 0.6) is 0 Å². The van der Waals surface area contributed by atoms with Gasteiger partial charge >= 0.3 is 0 Å². The minimum Gasteiger partial charge on any atom is -0.342 e. The molecule has 2 aromatic carbocycles. The summed E-state index contributed by atoms with van der Waals surface area (Å²) in [5.41, 5.74) is 4.37. The Hall–Kier alpha value is -2.35. The second-order valence-corrected chi connectivity index (χ2v) is 5.23. The van der Waals surface area contributed by atoms with Crippen LogP contribution >= 0.6 is 0 Å². The first kappa shape index (κ1) is 12.7. The number of rotatable bonds is 3. The van der Waals surface area contributed by atoms with E-state index in [9.17, 15) is 4.79 Å². The fourth-order valence-corrected chi connectivity index (χ4v) is 2.59. The Balaban J connectivity index is 2.15. The molecule has 0 bridgehead atoms. The number of carbonyl (C=O) groups excluding carboxylic acids is 1. The van der Waals surface area contributed by atoms with Crippen LogP contribution in [0.15, 0.2) is 54.7 Å². The van der Waals surface area contributed by atoms with E-state index in [0.29, 0.717) is 0 Å². The SMILES string of the molecule is CC(=O)c1cn(Cc2ccccc2)c2cc(C)ccc12. The molecule has 3 rings (SSSR count).